The number of benzene rings is 1. The summed E-state index contributed by atoms with van der Waals surface area (Å²) in [5, 5.41) is 8.98. The van der Waals surface area contributed by atoms with Gasteiger partial charge in [-0.2, -0.15) is 5.26 Å². The van der Waals surface area contributed by atoms with Crippen LogP contribution in [0.2, 0.25) is 0 Å². The molecule has 3 heteroatoms. The van der Waals surface area contributed by atoms with Crippen molar-refractivity contribution in [1.82, 2.24) is 9.80 Å². The van der Waals surface area contributed by atoms with Crippen LogP contribution < -0.4 is 0 Å². The van der Waals surface area contributed by atoms with Crippen molar-refractivity contribution in [2.45, 2.75) is 31.8 Å². The van der Waals surface area contributed by atoms with Crippen LogP contribution in [-0.4, -0.2) is 48.6 Å². The van der Waals surface area contributed by atoms with E-state index in [4.69, 9.17) is 5.26 Å². The Morgan fingerprint density at radius 1 is 1.26 bits per heavy atom. The zero-order valence-corrected chi connectivity index (χ0v) is 11.9. The van der Waals surface area contributed by atoms with Crippen LogP contribution in [0.15, 0.2) is 30.3 Å². The van der Waals surface area contributed by atoms with Gasteiger partial charge in [0, 0.05) is 31.7 Å². The third-order valence-corrected chi connectivity index (χ3v) is 4.12. The quantitative estimate of drug-likeness (QED) is 0.828. The lowest BCUT2D eigenvalue weighted by Gasteiger charge is -2.43. The molecule has 102 valence electrons. The van der Waals surface area contributed by atoms with E-state index in [1.165, 1.54) is 5.56 Å². The van der Waals surface area contributed by atoms with Gasteiger partial charge in [-0.1, -0.05) is 30.3 Å². The van der Waals surface area contributed by atoms with Gasteiger partial charge < -0.3 is 4.90 Å². The number of rotatable bonds is 4. The molecule has 2 unspecified atom stereocenters. The minimum atomic E-state index is 0.384. The summed E-state index contributed by atoms with van der Waals surface area (Å²) >= 11 is 0. The van der Waals surface area contributed by atoms with Crippen molar-refractivity contribution in [2.24, 2.45) is 0 Å². The summed E-state index contributed by atoms with van der Waals surface area (Å²) in [4.78, 5) is 4.85. The van der Waals surface area contributed by atoms with E-state index in [2.05, 4.69) is 60.2 Å². The highest BCUT2D eigenvalue weighted by Gasteiger charge is 2.28. The first-order valence-electron chi connectivity index (χ1n) is 7.06. The predicted molar refractivity (Wildman–Crippen MR) is 77.8 cm³/mol. The Morgan fingerprint density at radius 3 is 2.68 bits per heavy atom. The van der Waals surface area contributed by atoms with Crippen molar-refractivity contribution in [3.63, 3.8) is 0 Å². The zero-order chi connectivity index (χ0) is 13.7. The fraction of sp³-hybridized carbons (Fsp3) is 0.562. The molecule has 1 aromatic carbocycles. The molecule has 0 bridgehead atoms. The van der Waals surface area contributed by atoms with Gasteiger partial charge in [-0.05, 0) is 26.0 Å². The lowest BCUT2D eigenvalue weighted by Crippen LogP contribution is -2.56. The molecule has 0 aromatic heterocycles. The van der Waals surface area contributed by atoms with E-state index < -0.39 is 0 Å². The van der Waals surface area contributed by atoms with Crippen LogP contribution in [-0.2, 0) is 6.42 Å². The summed E-state index contributed by atoms with van der Waals surface area (Å²) in [5.41, 5.74) is 1.38. The first-order valence-corrected chi connectivity index (χ1v) is 7.06. The molecule has 1 heterocycles. The van der Waals surface area contributed by atoms with Crippen molar-refractivity contribution in [1.29, 1.82) is 5.26 Å². The summed E-state index contributed by atoms with van der Waals surface area (Å²) < 4.78 is 0. The summed E-state index contributed by atoms with van der Waals surface area (Å²) in [6.07, 6.45) is 1.70. The maximum atomic E-state index is 8.98. The Morgan fingerprint density at radius 2 is 2.00 bits per heavy atom. The number of nitrogens with zero attached hydrogens (tertiary/aromatic N) is 3. The molecule has 19 heavy (non-hydrogen) atoms. The second kappa shape index (κ2) is 6.70. The van der Waals surface area contributed by atoms with Crippen molar-refractivity contribution in [3.05, 3.63) is 35.9 Å². The highest BCUT2D eigenvalue weighted by molar-refractivity contribution is 5.15. The van der Waals surface area contributed by atoms with E-state index in [9.17, 15) is 0 Å². The fourth-order valence-corrected chi connectivity index (χ4v) is 2.75. The lowest BCUT2D eigenvalue weighted by molar-refractivity contribution is 0.0545. The molecule has 0 radical (unpaired) electrons. The van der Waals surface area contributed by atoms with Crippen molar-refractivity contribution < 1.29 is 0 Å². The Kier molecular flexibility index (Phi) is 4.95. The van der Waals surface area contributed by atoms with E-state index in [0.717, 1.165) is 26.1 Å². The number of piperazine rings is 1. The second-order valence-corrected chi connectivity index (χ2v) is 5.54. The molecule has 0 N–H and O–H groups in total. The highest BCUT2D eigenvalue weighted by atomic mass is 15.3. The monoisotopic (exact) mass is 257 g/mol. The summed E-state index contributed by atoms with van der Waals surface area (Å²) in [7, 11) is 2.16. The molecule has 1 aliphatic rings. The second-order valence-electron chi connectivity index (χ2n) is 5.54. The van der Waals surface area contributed by atoms with E-state index in [1.54, 1.807) is 0 Å². The lowest BCUT2D eigenvalue weighted by atomic mass is 10.0. The Bertz CT molecular complexity index is 423. The molecule has 2 rings (SSSR count). The summed E-state index contributed by atoms with van der Waals surface area (Å²) in [6, 6.07) is 13.9. The normalized spacial score (nSPS) is 25.1. The minimum Gasteiger partial charge on any atom is -0.301 e. The van der Waals surface area contributed by atoms with Crippen LogP contribution in [0.5, 0.6) is 0 Å². The molecule has 1 aliphatic heterocycles. The highest BCUT2D eigenvalue weighted by Crippen LogP contribution is 2.16. The Labute approximate surface area is 116 Å². The standard InChI is InChI=1S/C16H23N3/c1-14-12-19(16(8-10-17)13-18(14)2)11-9-15-6-4-3-5-7-15/h3-7,14,16H,8-9,11-13H2,1-2H3. The predicted octanol–water partition coefficient (Wildman–Crippen LogP) is 2.15. The van der Waals surface area contributed by atoms with Crippen molar-refractivity contribution >= 4 is 0 Å². The fourth-order valence-electron chi connectivity index (χ4n) is 2.75. The number of hydrogen-bond donors (Lipinski definition) is 0. The van der Waals surface area contributed by atoms with Gasteiger partial charge in [0.1, 0.15) is 0 Å². The number of hydrogen-bond acceptors (Lipinski definition) is 3. The van der Waals surface area contributed by atoms with Crippen LogP contribution >= 0.6 is 0 Å². The Balaban J connectivity index is 1.94. The van der Waals surface area contributed by atoms with Crippen molar-refractivity contribution in [2.75, 3.05) is 26.7 Å². The van der Waals surface area contributed by atoms with E-state index >= 15 is 0 Å². The van der Waals surface area contributed by atoms with Gasteiger partial charge in [0.15, 0.2) is 0 Å². The molecule has 3 nitrogen and oxygen atoms in total. The van der Waals surface area contributed by atoms with Crippen molar-refractivity contribution in [3.8, 4) is 6.07 Å². The van der Waals surface area contributed by atoms with E-state index in [0.29, 0.717) is 18.5 Å². The topological polar surface area (TPSA) is 30.3 Å². The maximum Gasteiger partial charge on any atom is 0.0638 e. The molecular formula is C16H23N3. The van der Waals surface area contributed by atoms with Crippen LogP contribution in [0.3, 0.4) is 0 Å². The minimum absolute atomic E-state index is 0.384. The van der Waals surface area contributed by atoms with Gasteiger partial charge in [-0.15, -0.1) is 0 Å². The summed E-state index contributed by atoms with van der Waals surface area (Å²) in [5.74, 6) is 0. The SMILES string of the molecule is CC1CN(CCc2ccccc2)C(CC#N)CN1C. The molecule has 2 atom stereocenters. The number of likely N-dealkylation sites (N-methyl/N-ethyl adjacent to an activating group) is 1. The molecule has 0 aliphatic carbocycles. The third-order valence-electron chi connectivity index (χ3n) is 4.12. The van der Waals surface area contributed by atoms with Gasteiger partial charge in [0.25, 0.3) is 0 Å². The molecule has 0 spiro atoms. The smallest absolute Gasteiger partial charge is 0.0638 e. The van der Waals surface area contributed by atoms with Crippen LogP contribution in [0.25, 0.3) is 0 Å². The molecule has 1 saturated heterocycles. The first kappa shape index (κ1) is 14.0. The van der Waals surface area contributed by atoms with Crippen LogP contribution in [0.1, 0.15) is 18.9 Å². The van der Waals surface area contributed by atoms with Gasteiger partial charge >= 0.3 is 0 Å². The van der Waals surface area contributed by atoms with Crippen LogP contribution in [0, 0.1) is 11.3 Å². The van der Waals surface area contributed by atoms with Gasteiger partial charge in [0.05, 0.1) is 12.5 Å². The average molecular weight is 257 g/mol. The van der Waals surface area contributed by atoms with E-state index in [-0.39, 0.29) is 0 Å². The molecule has 1 fully saturated rings. The van der Waals surface area contributed by atoms with Crippen LogP contribution in [0.4, 0.5) is 0 Å². The summed E-state index contributed by atoms with van der Waals surface area (Å²) in [6.45, 7) is 5.38. The van der Waals surface area contributed by atoms with E-state index in [1.807, 2.05) is 0 Å². The average Bonchev–Trinajstić information content (AvgIpc) is 2.42. The molecule has 1 aromatic rings. The number of nitriles is 1. The third kappa shape index (κ3) is 3.79. The first-order chi connectivity index (χ1) is 9.20. The van der Waals surface area contributed by atoms with Gasteiger partial charge in [0.2, 0.25) is 0 Å². The van der Waals surface area contributed by atoms with Gasteiger partial charge in [-0.3, -0.25) is 4.90 Å². The Hall–Kier alpha value is -1.37. The molecular weight excluding hydrogens is 234 g/mol. The zero-order valence-electron chi connectivity index (χ0n) is 11.9. The molecule has 0 amide bonds. The molecule has 0 saturated carbocycles. The maximum absolute atomic E-state index is 8.98. The van der Waals surface area contributed by atoms with Gasteiger partial charge in [-0.25, -0.2) is 0 Å². The largest absolute Gasteiger partial charge is 0.301 e.